The molecule has 5 heteroatoms. The molecule has 0 amide bonds. The number of aromatic carboxylic acids is 1. The smallest absolute Gasteiger partial charge is 0.336 e. The van der Waals surface area contributed by atoms with Crippen LogP contribution in [0.5, 0.6) is 0 Å². The summed E-state index contributed by atoms with van der Waals surface area (Å²) in [6.07, 6.45) is 3.59. The van der Waals surface area contributed by atoms with Crippen LogP contribution in [-0.4, -0.2) is 41.2 Å². The average molecular weight is 353 g/mol. The van der Waals surface area contributed by atoms with Crippen LogP contribution in [0.25, 0.3) is 0 Å². The Kier molecular flexibility index (Phi) is 5.38. The SMILES string of the molecule is CN(c1ccc(C(=O)c2ccccc2C(=O)O)cc1)C1CCCCC1O. The lowest BCUT2D eigenvalue weighted by Gasteiger charge is -2.36. The molecule has 0 aliphatic heterocycles. The van der Waals surface area contributed by atoms with Gasteiger partial charge in [-0.25, -0.2) is 4.79 Å². The summed E-state index contributed by atoms with van der Waals surface area (Å²) in [5.74, 6) is -1.42. The first-order valence-electron chi connectivity index (χ1n) is 8.87. The van der Waals surface area contributed by atoms with Gasteiger partial charge in [-0.15, -0.1) is 0 Å². The number of carbonyl (C=O) groups excluding carboxylic acids is 1. The summed E-state index contributed by atoms with van der Waals surface area (Å²) in [6, 6.07) is 13.4. The molecule has 0 bridgehead atoms. The molecule has 0 radical (unpaired) electrons. The summed E-state index contributed by atoms with van der Waals surface area (Å²) in [5.41, 5.74) is 1.56. The molecule has 136 valence electrons. The molecular weight excluding hydrogens is 330 g/mol. The molecule has 1 fully saturated rings. The fourth-order valence-corrected chi connectivity index (χ4v) is 3.61. The number of hydrogen-bond acceptors (Lipinski definition) is 4. The molecule has 1 saturated carbocycles. The van der Waals surface area contributed by atoms with E-state index in [9.17, 15) is 19.8 Å². The van der Waals surface area contributed by atoms with Crippen LogP contribution >= 0.6 is 0 Å². The van der Waals surface area contributed by atoms with E-state index in [1.165, 1.54) is 12.1 Å². The fraction of sp³-hybridized carbons (Fsp3) is 0.333. The predicted octanol–water partition coefficient (Wildman–Crippen LogP) is 3.36. The fourth-order valence-electron chi connectivity index (χ4n) is 3.61. The van der Waals surface area contributed by atoms with Crippen molar-refractivity contribution >= 4 is 17.4 Å². The first-order chi connectivity index (χ1) is 12.5. The number of hydrogen-bond donors (Lipinski definition) is 2. The number of anilines is 1. The van der Waals surface area contributed by atoms with Gasteiger partial charge in [0, 0.05) is 23.9 Å². The number of benzene rings is 2. The van der Waals surface area contributed by atoms with Gasteiger partial charge in [0.05, 0.1) is 17.7 Å². The maximum Gasteiger partial charge on any atom is 0.336 e. The van der Waals surface area contributed by atoms with E-state index < -0.39 is 5.97 Å². The first-order valence-corrected chi connectivity index (χ1v) is 8.87. The Hall–Kier alpha value is -2.66. The van der Waals surface area contributed by atoms with E-state index in [-0.39, 0.29) is 29.1 Å². The van der Waals surface area contributed by atoms with Crippen LogP contribution in [0.2, 0.25) is 0 Å². The van der Waals surface area contributed by atoms with Crippen LogP contribution < -0.4 is 4.90 Å². The standard InChI is InChI=1S/C21H23NO4/c1-22(18-8-4-5-9-19(18)23)15-12-10-14(11-13-15)20(24)16-6-2-3-7-17(16)21(25)26/h2-3,6-7,10-13,18-19,23H,4-5,8-9H2,1H3,(H,25,26). The molecule has 0 heterocycles. The highest BCUT2D eigenvalue weighted by molar-refractivity contribution is 6.14. The Morgan fingerprint density at radius 3 is 2.19 bits per heavy atom. The van der Waals surface area contributed by atoms with Gasteiger partial charge in [-0.3, -0.25) is 4.79 Å². The monoisotopic (exact) mass is 353 g/mol. The van der Waals surface area contributed by atoms with E-state index in [0.717, 1.165) is 31.4 Å². The normalized spacial score (nSPS) is 19.8. The molecule has 26 heavy (non-hydrogen) atoms. The number of likely N-dealkylation sites (N-methyl/N-ethyl adjacent to an activating group) is 1. The van der Waals surface area contributed by atoms with Crippen LogP contribution in [0.15, 0.2) is 48.5 Å². The Morgan fingerprint density at radius 1 is 0.962 bits per heavy atom. The minimum Gasteiger partial charge on any atom is -0.478 e. The summed E-state index contributed by atoms with van der Waals surface area (Å²) in [5, 5.41) is 19.5. The molecule has 2 aromatic rings. The third kappa shape index (κ3) is 3.63. The number of nitrogens with zero attached hydrogens (tertiary/aromatic N) is 1. The molecule has 0 saturated heterocycles. The van der Waals surface area contributed by atoms with E-state index in [4.69, 9.17) is 0 Å². The summed E-state index contributed by atoms with van der Waals surface area (Å²) in [4.78, 5) is 26.1. The number of carbonyl (C=O) groups is 2. The second kappa shape index (κ2) is 7.70. The average Bonchev–Trinajstić information content (AvgIpc) is 2.67. The van der Waals surface area contributed by atoms with Crippen molar-refractivity contribution in [3.63, 3.8) is 0 Å². The van der Waals surface area contributed by atoms with Gasteiger partial charge in [0.15, 0.2) is 5.78 Å². The highest BCUT2D eigenvalue weighted by Crippen LogP contribution is 2.27. The second-order valence-electron chi connectivity index (χ2n) is 6.76. The third-order valence-electron chi connectivity index (χ3n) is 5.13. The maximum atomic E-state index is 12.7. The van der Waals surface area contributed by atoms with Crippen molar-refractivity contribution in [3.05, 3.63) is 65.2 Å². The minimum absolute atomic E-state index is 0.00372. The molecule has 2 atom stereocenters. The zero-order valence-corrected chi connectivity index (χ0v) is 14.8. The van der Waals surface area contributed by atoms with Gasteiger partial charge in [0.2, 0.25) is 0 Å². The van der Waals surface area contributed by atoms with E-state index in [0.29, 0.717) is 5.56 Å². The largest absolute Gasteiger partial charge is 0.478 e. The Labute approximate surface area is 152 Å². The van der Waals surface area contributed by atoms with E-state index in [2.05, 4.69) is 4.90 Å². The number of ketones is 1. The number of carboxylic acid groups (broad SMARTS) is 1. The highest BCUT2D eigenvalue weighted by Gasteiger charge is 2.27. The van der Waals surface area contributed by atoms with Gasteiger partial charge in [-0.1, -0.05) is 31.0 Å². The molecule has 3 rings (SSSR count). The van der Waals surface area contributed by atoms with Crippen molar-refractivity contribution in [2.75, 3.05) is 11.9 Å². The lowest BCUT2D eigenvalue weighted by Crippen LogP contribution is -2.43. The van der Waals surface area contributed by atoms with Gasteiger partial charge in [0.25, 0.3) is 0 Å². The molecule has 2 unspecified atom stereocenters. The summed E-state index contributed by atoms with van der Waals surface area (Å²) >= 11 is 0. The van der Waals surface area contributed by atoms with Gasteiger partial charge >= 0.3 is 5.97 Å². The second-order valence-corrected chi connectivity index (χ2v) is 6.76. The molecule has 2 N–H and O–H groups in total. The molecule has 0 aromatic heterocycles. The van der Waals surface area contributed by atoms with Crippen molar-refractivity contribution < 1.29 is 19.8 Å². The lowest BCUT2D eigenvalue weighted by atomic mass is 9.91. The lowest BCUT2D eigenvalue weighted by molar-refractivity contribution is 0.0692. The first kappa shape index (κ1) is 18.1. The number of aliphatic hydroxyl groups excluding tert-OH is 1. The molecule has 0 spiro atoms. The number of aliphatic hydroxyl groups is 1. The van der Waals surface area contributed by atoms with Crippen LogP contribution in [-0.2, 0) is 0 Å². The maximum absolute atomic E-state index is 12.7. The van der Waals surface area contributed by atoms with Crippen molar-refractivity contribution in [1.82, 2.24) is 0 Å². The number of carboxylic acids is 1. The van der Waals surface area contributed by atoms with Gasteiger partial charge in [-0.2, -0.15) is 0 Å². The summed E-state index contributed by atoms with van der Waals surface area (Å²) in [6.45, 7) is 0. The zero-order valence-electron chi connectivity index (χ0n) is 14.8. The topological polar surface area (TPSA) is 77.8 Å². The Morgan fingerprint density at radius 2 is 1.58 bits per heavy atom. The van der Waals surface area contributed by atoms with Crippen LogP contribution in [0, 0.1) is 0 Å². The molecule has 2 aromatic carbocycles. The third-order valence-corrected chi connectivity index (χ3v) is 5.13. The molecule has 5 nitrogen and oxygen atoms in total. The van der Waals surface area contributed by atoms with Crippen molar-refractivity contribution in [2.45, 2.75) is 37.8 Å². The van der Waals surface area contributed by atoms with Gasteiger partial charge in [0.1, 0.15) is 0 Å². The number of rotatable bonds is 5. The highest BCUT2D eigenvalue weighted by atomic mass is 16.4. The van der Waals surface area contributed by atoms with Gasteiger partial charge in [-0.05, 0) is 43.2 Å². The van der Waals surface area contributed by atoms with Crippen molar-refractivity contribution in [1.29, 1.82) is 0 Å². The van der Waals surface area contributed by atoms with E-state index in [1.54, 1.807) is 24.3 Å². The summed E-state index contributed by atoms with van der Waals surface area (Å²) < 4.78 is 0. The Balaban J connectivity index is 1.81. The van der Waals surface area contributed by atoms with Crippen molar-refractivity contribution in [2.24, 2.45) is 0 Å². The quantitative estimate of drug-likeness (QED) is 0.806. The van der Waals surface area contributed by atoms with Crippen molar-refractivity contribution in [3.8, 4) is 0 Å². The van der Waals surface area contributed by atoms with Crippen LogP contribution in [0.4, 0.5) is 5.69 Å². The predicted molar refractivity (Wildman–Crippen MR) is 99.9 cm³/mol. The van der Waals surface area contributed by atoms with E-state index in [1.807, 2.05) is 19.2 Å². The molecule has 1 aliphatic rings. The Bertz CT molecular complexity index is 800. The molecular formula is C21H23NO4. The van der Waals surface area contributed by atoms with E-state index >= 15 is 0 Å². The molecule has 1 aliphatic carbocycles. The van der Waals surface area contributed by atoms with Gasteiger partial charge < -0.3 is 15.1 Å². The summed E-state index contributed by atoms with van der Waals surface area (Å²) in [7, 11) is 1.95. The van der Waals surface area contributed by atoms with Crippen LogP contribution in [0.1, 0.15) is 52.0 Å². The van der Waals surface area contributed by atoms with Crippen LogP contribution in [0.3, 0.4) is 0 Å². The zero-order chi connectivity index (χ0) is 18.7. The minimum atomic E-state index is -1.11.